The molecule has 0 bridgehead atoms. The Balaban J connectivity index is 0.00000144. The number of hydrogen-bond donors (Lipinski definition) is 1. The largest absolute Gasteiger partial charge is 0.339 e. The van der Waals surface area contributed by atoms with Crippen LogP contribution in [0.1, 0.15) is 32.5 Å². The van der Waals surface area contributed by atoms with E-state index in [0.29, 0.717) is 6.04 Å². The number of aromatic nitrogens is 2. The minimum atomic E-state index is -0.0313. The standard InChI is InChI=1S/C11H19N3OS.ClH/c1-11(2,3)10-13-9(15-14-10)6-8-7-16-5-4-12-8;/h8,12H,4-7H2,1-3H3;1H. The predicted molar refractivity (Wildman–Crippen MR) is 73.1 cm³/mol. The van der Waals surface area contributed by atoms with E-state index in [1.807, 2.05) is 11.8 Å². The highest BCUT2D eigenvalue weighted by Crippen LogP contribution is 2.19. The summed E-state index contributed by atoms with van der Waals surface area (Å²) in [6.45, 7) is 7.36. The molecular formula is C11H20ClN3OS. The molecule has 0 aromatic carbocycles. The minimum Gasteiger partial charge on any atom is -0.339 e. The first-order chi connectivity index (χ1) is 7.55. The van der Waals surface area contributed by atoms with Crippen LogP contribution in [0.15, 0.2) is 4.52 Å². The average Bonchev–Trinajstić information content (AvgIpc) is 2.67. The molecule has 1 aliphatic rings. The first-order valence-electron chi connectivity index (χ1n) is 5.70. The van der Waals surface area contributed by atoms with Crippen LogP contribution in [0.4, 0.5) is 0 Å². The normalized spacial score (nSPS) is 21.0. The Morgan fingerprint density at radius 2 is 2.24 bits per heavy atom. The third-order valence-electron chi connectivity index (χ3n) is 2.56. The average molecular weight is 278 g/mol. The lowest BCUT2D eigenvalue weighted by Gasteiger charge is -2.21. The highest BCUT2D eigenvalue weighted by Gasteiger charge is 2.22. The zero-order valence-corrected chi connectivity index (χ0v) is 12.2. The molecule has 1 fully saturated rings. The lowest BCUT2D eigenvalue weighted by atomic mass is 9.96. The number of nitrogens with one attached hydrogen (secondary N) is 1. The molecule has 1 N–H and O–H groups in total. The molecule has 0 radical (unpaired) electrons. The van der Waals surface area contributed by atoms with Gasteiger partial charge >= 0.3 is 0 Å². The third-order valence-corrected chi connectivity index (χ3v) is 3.69. The van der Waals surface area contributed by atoms with Gasteiger partial charge in [0.05, 0.1) is 0 Å². The first-order valence-corrected chi connectivity index (χ1v) is 6.85. The van der Waals surface area contributed by atoms with Crippen LogP contribution in [-0.4, -0.2) is 34.2 Å². The van der Waals surface area contributed by atoms with Crippen LogP contribution >= 0.6 is 24.2 Å². The smallest absolute Gasteiger partial charge is 0.228 e. The van der Waals surface area contributed by atoms with Crippen molar-refractivity contribution in [2.24, 2.45) is 0 Å². The second-order valence-electron chi connectivity index (χ2n) is 5.19. The number of nitrogens with zero attached hydrogens (tertiary/aromatic N) is 2. The molecule has 98 valence electrons. The molecule has 1 atom stereocenters. The first kappa shape index (κ1) is 14.8. The van der Waals surface area contributed by atoms with Crippen molar-refractivity contribution in [1.29, 1.82) is 0 Å². The topological polar surface area (TPSA) is 51.0 Å². The Hall–Kier alpha value is -0.260. The molecule has 0 saturated carbocycles. The van der Waals surface area contributed by atoms with Crippen molar-refractivity contribution in [3.05, 3.63) is 11.7 Å². The van der Waals surface area contributed by atoms with Gasteiger partial charge in [0, 0.05) is 35.9 Å². The molecule has 2 heterocycles. The van der Waals surface area contributed by atoms with E-state index in [-0.39, 0.29) is 17.8 Å². The van der Waals surface area contributed by atoms with E-state index in [2.05, 4.69) is 36.2 Å². The second-order valence-corrected chi connectivity index (χ2v) is 6.34. The van der Waals surface area contributed by atoms with Gasteiger partial charge in [-0.1, -0.05) is 25.9 Å². The van der Waals surface area contributed by atoms with Crippen LogP contribution in [0.3, 0.4) is 0 Å². The lowest BCUT2D eigenvalue weighted by Crippen LogP contribution is -2.38. The van der Waals surface area contributed by atoms with Crippen molar-refractivity contribution in [1.82, 2.24) is 15.5 Å². The van der Waals surface area contributed by atoms with Gasteiger partial charge in [0.15, 0.2) is 5.82 Å². The van der Waals surface area contributed by atoms with Crippen LogP contribution in [0.2, 0.25) is 0 Å². The summed E-state index contributed by atoms with van der Waals surface area (Å²) in [6.07, 6.45) is 0.843. The van der Waals surface area contributed by atoms with Crippen LogP contribution < -0.4 is 5.32 Å². The fraction of sp³-hybridized carbons (Fsp3) is 0.818. The minimum absolute atomic E-state index is 0. The van der Waals surface area contributed by atoms with Gasteiger partial charge in [-0.15, -0.1) is 12.4 Å². The van der Waals surface area contributed by atoms with Crippen molar-refractivity contribution in [3.63, 3.8) is 0 Å². The summed E-state index contributed by atoms with van der Waals surface area (Å²) in [5, 5.41) is 7.50. The van der Waals surface area contributed by atoms with Crippen molar-refractivity contribution >= 4 is 24.2 Å². The SMILES string of the molecule is CC(C)(C)c1noc(CC2CSCCN2)n1.Cl. The van der Waals surface area contributed by atoms with E-state index in [9.17, 15) is 0 Å². The van der Waals surface area contributed by atoms with Gasteiger partial charge in [0.25, 0.3) is 0 Å². The van der Waals surface area contributed by atoms with Gasteiger partial charge in [-0.05, 0) is 0 Å². The number of rotatable bonds is 2. The predicted octanol–water partition coefficient (Wildman–Crippen LogP) is 2.04. The maximum Gasteiger partial charge on any atom is 0.228 e. The van der Waals surface area contributed by atoms with Crippen LogP contribution in [-0.2, 0) is 11.8 Å². The van der Waals surface area contributed by atoms with Gasteiger partial charge in [-0.2, -0.15) is 16.7 Å². The molecule has 1 aromatic heterocycles. The summed E-state index contributed by atoms with van der Waals surface area (Å²) in [6, 6.07) is 0.479. The molecule has 1 aliphatic heterocycles. The highest BCUT2D eigenvalue weighted by atomic mass is 35.5. The molecule has 1 saturated heterocycles. The zero-order chi connectivity index (χ0) is 11.6. The van der Waals surface area contributed by atoms with Gasteiger partial charge in [-0.25, -0.2) is 0 Å². The molecule has 0 aliphatic carbocycles. The van der Waals surface area contributed by atoms with E-state index < -0.39 is 0 Å². The van der Waals surface area contributed by atoms with E-state index >= 15 is 0 Å². The lowest BCUT2D eigenvalue weighted by molar-refractivity contribution is 0.351. The monoisotopic (exact) mass is 277 g/mol. The van der Waals surface area contributed by atoms with Gasteiger partial charge < -0.3 is 9.84 Å². The summed E-state index contributed by atoms with van der Waals surface area (Å²) in [4.78, 5) is 4.45. The fourth-order valence-corrected chi connectivity index (χ4v) is 2.55. The van der Waals surface area contributed by atoms with Crippen molar-refractivity contribution in [2.45, 2.75) is 38.6 Å². The van der Waals surface area contributed by atoms with E-state index in [0.717, 1.165) is 30.4 Å². The maximum atomic E-state index is 5.28. The third kappa shape index (κ3) is 4.16. The highest BCUT2D eigenvalue weighted by molar-refractivity contribution is 7.99. The summed E-state index contributed by atoms with van der Waals surface area (Å²) >= 11 is 1.98. The van der Waals surface area contributed by atoms with E-state index in [1.165, 1.54) is 5.75 Å². The molecule has 6 heteroatoms. The molecule has 2 rings (SSSR count). The van der Waals surface area contributed by atoms with E-state index in [1.54, 1.807) is 0 Å². The molecule has 4 nitrogen and oxygen atoms in total. The van der Waals surface area contributed by atoms with Gasteiger partial charge in [0.1, 0.15) is 0 Å². The van der Waals surface area contributed by atoms with Crippen LogP contribution in [0.5, 0.6) is 0 Å². The van der Waals surface area contributed by atoms with Crippen LogP contribution in [0, 0.1) is 0 Å². The zero-order valence-electron chi connectivity index (χ0n) is 10.5. The van der Waals surface area contributed by atoms with Gasteiger partial charge in [0.2, 0.25) is 5.89 Å². The Morgan fingerprint density at radius 3 is 2.76 bits per heavy atom. The number of hydrogen-bond acceptors (Lipinski definition) is 5. The van der Waals surface area contributed by atoms with E-state index in [4.69, 9.17) is 4.52 Å². The molecule has 0 spiro atoms. The van der Waals surface area contributed by atoms with Crippen molar-refractivity contribution in [3.8, 4) is 0 Å². The molecule has 17 heavy (non-hydrogen) atoms. The fourth-order valence-electron chi connectivity index (χ4n) is 1.60. The quantitative estimate of drug-likeness (QED) is 0.897. The van der Waals surface area contributed by atoms with Crippen molar-refractivity contribution in [2.75, 3.05) is 18.1 Å². The number of thioether (sulfide) groups is 1. The van der Waals surface area contributed by atoms with Crippen LogP contribution in [0.25, 0.3) is 0 Å². The Bertz CT molecular complexity index is 345. The summed E-state index contributed by atoms with van der Waals surface area (Å²) in [5.41, 5.74) is -0.0313. The summed E-state index contributed by atoms with van der Waals surface area (Å²) in [7, 11) is 0. The van der Waals surface area contributed by atoms with Gasteiger partial charge in [-0.3, -0.25) is 0 Å². The summed E-state index contributed by atoms with van der Waals surface area (Å²) < 4.78 is 5.28. The Morgan fingerprint density at radius 1 is 1.47 bits per heavy atom. The number of halogens is 1. The Kier molecular flexibility index (Phi) is 5.28. The molecule has 0 amide bonds. The Labute approximate surface area is 113 Å². The second kappa shape index (κ2) is 6.07. The maximum absolute atomic E-state index is 5.28. The molecule has 1 unspecified atom stereocenters. The summed E-state index contributed by atoms with van der Waals surface area (Å²) in [5.74, 6) is 3.89. The van der Waals surface area contributed by atoms with Crippen molar-refractivity contribution < 1.29 is 4.52 Å². The molecule has 1 aromatic rings. The molecular weight excluding hydrogens is 258 g/mol.